The van der Waals surface area contributed by atoms with E-state index in [-0.39, 0.29) is 17.2 Å². The summed E-state index contributed by atoms with van der Waals surface area (Å²) in [6, 6.07) is 3.77. The molecule has 2 aliphatic rings. The van der Waals surface area contributed by atoms with Crippen molar-refractivity contribution in [2.24, 2.45) is 5.41 Å². The molecule has 2 aromatic heterocycles. The van der Waals surface area contributed by atoms with Gasteiger partial charge in [-0.15, -0.1) is 0 Å². The van der Waals surface area contributed by atoms with Gasteiger partial charge in [0.2, 0.25) is 17.6 Å². The van der Waals surface area contributed by atoms with E-state index >= 15 is 0 Å². The van der Waals surface area contributed by atoms with E-state index in [0.29, 0.717) is 24.7 Å². The van der Waals surface area contributed by atoms with E-state index in [1.54, 1.807) is 12.4 Å². The number of pyridine rings is 1. The van der Waals surface area contributed by atoms with E-state index in [2.05, 4.69) is 15.1 Å². The van der Waals surface area contributed by atoms with E-state index < -0.39 is 0 Å². The van der Waals surface area contributed by atoms with Gasteiger partial charge >= 0.3 is 0 Å². The van der Waals surface area contributed by atoms with Crippen molar-refractivity contribution in [2.45, 2.75) is 38.5 Å². The topological polar surface area (TPSA) is 81.4 Å². The Bertz CT molecular complexity index is 755. The van der Waals surface area contributed by atoms with Crippen molar-refractivity contribution in [3.63, 3.8) is 0 Å². The summed E-state index contributed by atoms with van der Waals surface area (Å²) in [4.78, 5) is 23.2. The molecule has 0 bridgehead atoms. The Balaban J connectivity index is 1.62. The summed E-state index contributed by atoms with van der Waals surface area (Å²) >= 11 is 0. The van der Waals surface area contributed by atoms with Gasteiger partial charge in [0.15, 0.2) is 0 Å². The molecule has 1 atom stereocenters. The minimum atomic E-state index is -0.0274. The van der Waals surface area contributed by atoms with Crippen LogP contribution in [-0.4, -0.2) is 52.2 Å². The molecule has 2 saturated heterocycles. The molecule has 4 rings (SSSR count). The van der Waals surface area contributed by atoms with E-state index in [0.717, 1.165) is 44.6 Å². The lowest BCUT2D eigenvalue weighted by Crippen LogP contribution is -2.37. The molecule has 4 heterocycles. The van der Waals surface area contributed by atoms with Crippen LogP contribution in [0, 0.1) is 5.41 Å². The molecule has 0 aromatic carbocycles. The monoisotopic (exact) mass is 356 g/mol. The summed E-state index contributed by atoms with van der Waals surface area (Å²) in [6.45, 7) is 4.87. The van der Waals surface area contributed by atoms with Crippen LogP contribution in [0.2, 0.25) is 0 Å². The molecule has 0 aliphatic carbocycles. The molecule has 7 nitrogen and oxygen atoms in total. The molecule has 2 fully saturated rings. The molecule has 2 aromatic rings. The van der Waals surface area contributed by atoms with E-state index in [1.807, 2.05) is 24.0 Å². The lowest BCUT2D eigenvalue weighted by atomic mass is 9.72. The molecular formula is C19H24N4O3. The van der Waals surface area contributed by atoms with Crippen molar-refractivity contribution in [3.05, 3.63) is 30.4 Å². The Hall–Kier alpha value is -2.28. The van der Waals surface area contributed by atoms with Crippen molar-refractivity contribution in [2.75, 3.05) is 26.3 Å². The van der Waals surface area contributed by atoms with Crippen molar-refractivity contribution < 1.29 is 14.1 Å². The number of hydrogen-bond acceptors (Lipinski definition) is 6. The summed E-state index contributed by atoms with van der Waals surface area (Å²) in [7, 11) is 0. The molecule has 2 aliphatic heterocycles. The van der Waals surface area contributed by atoms with Gasteiger partial charge < -0.3 is 14.2 Å². The Morgan fingerprint density at radius 3 is 2.96 bits per heavy atom. The van der Waals surface area contributed by atoms with Gasteiger partial charge in [-0.25, -0.2) is 0 Å². The summed E-state index contributed by atoms with van der Waals surface area (Å²) < 4.78 is 11.2. The summed E-state index contributed by atoms with van der Waals surface area (Å²) in [5.41, 5.74) is 0.806. The SMILES string of the molecule is CCCC(=O)N1C[C@@H](c2nc(-c3cccnc3)no2)C2(CCOCC2)C1. The van der Waals surface area contributed by atoms with Crippen LogP contribution in [0.5, 0.6) is 0 Å². The maximum Gasteiger partial charge on any atom is 0.232 e. The zero-order chi connectivity index (χ0) is 18.0. The number of ether oxygens (including phenoxy) is 1. The van der Waals surface area contributed by atoms with Gasteiger partial charge in [-0.2, -0.15) is 4.98 Å². The van der Waals surface area contributed by atoms with Gasteiger partial charge in [-0.05, 0) is 31.4 Å². The van der Waals surface area contributed by atoms with Gasteiger partial charge in [-0.3, -0.25) is 9.78 Å². The summed E-state index contributed by atoms with van der Waals surface area (Å²) in [6.07, 6.45) is 6.72. The van der Waals surface area contributed by atoms with Gasteiger partial charge in [-0.1, -0.05) is 12.1 Å². The van der Waals surface area contributed by atoms with Crippen LogP contribution in [-0.2, 0) is 9.53 Å². The fourth-order valence-corrected chi connectivity index (χ4v) is 4.14. The molecule has 0 unspecified atom stereocenters. The highest BCUT2D eigenvalue weighted by Gasteiger charge is 2.51. The third kappa shape index (κ3) is 3.11. The number of nitrogens with zero attached hydrogens (tertiary/aromatic N) is 4. The first-order valence-corrected chi connectivity index (χ1v) is 9.31. The lowest BCUT2D eigenvalue weighted by molar-refractivity contribution is -0.130. The first-order chi connectivity index (χ1) is 12.7. The van der Waals surface area contributed by atoms with E-state index in [1.165, 1.54) is 0 Å². The highest BCUT2D eigenvalue weighted by atomic mass is 16.5. The van der Waals surface area contributed by atoms with Crippen LogP contribution in [0.25, 0.3) is 11.4 Å². The maximum atomic E-state index is 12.5. The number of rotatable bonds is 4. The first kappa shape index (κ1) is 17.1. The Morgan fingerprint density at radius 2 is 2.23 bits per heavy atom. The molecule has 1 spiro atoms. The first-order valence-electron chi connectivity index (χ1n) is 9.31. The molecular weight excluding hydrogens is 332 g/mol. The zero-order valence-corrected chi connectivity index (χ0v) is 15.1. The second kappa shape index (κ2) is 7.15. The minimum absolute atomic E-state index is 0.0274. The van der Waals surface area contributed by atoms with Crippen LogP contribution >= 0.6 is 0 Å². The van der Waals surface area contributed by atoms with Crippen molar-refractivity contribution in [1.29, 1.82) is 0 Å². The second-order valence-corrected chi connectivity index (χ2v) is 7.25. The minimum Gasteiger partial charge on any atom is -0.381 e. The number of hydrogen-bond donors (Lipinski definition) is 0. The predicted octanol–water partition coefficient (Wildman–Crippen LogP) is 2.65. The number of aromatic nitrogens is 3. The highest BCUT2D eigenvalue weighted by Crippen LogP contribution is 2.49. The van der Waals surface area contributed by atoms with Gasteiger partial charge in [0.25, 0.3) is 0 Å². The van der Waals surface area contributed by atoms with Crippen molar-refractivity contribution in [1.82, 2.24) is 20.0 Å². The third-order valence-electron chi connectivity index (χ3n) is 5.61. The van der Waals surface area contributed by atoms with Gasteiger partial charge in [0.05, 0.1) is 5.92 Å². The molecule has 0 N–H and O–H groups in total. The fourth-order valence-electron chi connectivity index (χ4n) is 4.14. The molecule has 26 heavy (non-hydrogen) atoms. The third-order valence-corrected chi connectivity index (χ3v) is 5.61. The number of likely N-dealkylation sites (tertiary alicyclic amines) is 1. The average Bonchev–Trinajstić information content (AvgIpc) is 3.29. The number of carbonyl (C=O) groups is 1. The smallest absolute Gasteiger partial charge is 0.232 e. The van der Waals surface area contributed by atoms with E-state index in [4.69, 9.17) is 9.26 Å². The molecule has 1 amide bonds. The van der Waals surface area contributed by atoms with Crippen LogP contribution in [0.1, 0.15) is 44.4 Å². The highest BCUT2D eigenvalue weighted by molar-refractivity contribution is 5.76. The lowest BCUT2D eigenvalue weighted by Gasteiger charge is -2.36. The quantitative estimate of drug-likeness (QED) is 0.838. The second-order valence-electron chi connectivity index (χ2n) is 7.25. The summed E-state index contributed by atoms with van der Waals surface area (Å²) in [5.74, 6) is 1.45. The predicted molar refractivity (Wildman–Crippen MR) is 94.2 cm³/mol. The van der Waals surface area contributed by atoms with Gasteiger partial charge in [0.1, 0.15) is 0 Å². The van der Waals surface area contributed by atoms with E-state index in [9.17, 15) is 4.79 Å². The molecule has 138 valence electrons. The fraction of sp³-hybridized carbons (Fsp3) is 0.579. The maximum absolute atomic E-state index is 12.5. The Morgan fingerprint density at radius 1 is 1.38 bits per heavy atom. The van der Waals surface area contributed by atoms with Crippen LogP contribution in [0.4, 0.5) is 0 Å². The van der Waals surface area contributed by atoms with Gasteiger partial charge in [0, 0.05) is 56.1 Å². The molecule has 7 heteroatoms. The Kier molecular flexibility index (Phi) is 4.72. The van der Waals surface area contributed by atoms with Crippen LogP contribution in [0.3, 0.4) is 0 Å². The largest absolute Gasteiger partial charge is 0.381 e. The average molecular weight is 356 g/mol. The van der Waals surface area contributed by atoms with Crippen molar-refractivity contribution in [3.8, 4) is 11.4 Å². The normalized spacial score (nSPS) is 22.0. The number of carbonyl (C=O) groups excluding carboxylic acids is 1. The molecule has 0 saturated carbocycles. The standard InChI is InChI=1S/C19H24N4O3/c1-2-4-16(24)23-12-15(19(13-23)6-9-25-10-7-19)18-21-17(22-26-18)14-5-3-8-20-11-14/h3,5,8,11,15H,2,4,6-7,9-10,12-13H2,1H3/t15-/m0/s1. The summed E-state index contributed by atoms with van der Waals surface area (Å²) in [5, 5.41) is 4.15. The number of amides is 1. The van der Waals surface area contributed by atoms with Crippen LogP contribution < -0.4 is 0 Å². The molecule has 0 radical (unpaired) electrons. The Labute approximate surface area is 152 Å². The van der Waals surface area contributed by atoms with Crippen LogP contribution in [0.15, 0.2) is 29.0 Å². The zero-order valence-electron chi connectivity index (χ0n) is 15.1. The van der Waals surface area contributed by atoms with Crippen molar-refractivity contribution >= 4 is 5.91 Å².